The van der Waals surface area contributed by atoms with E-state index in [0.29, 0.717) is 25.5 Å². The molecule has 0 fully saturated rings. The molecule has 0 radical (unpaired) electrons. The van der Waals surface area contributed by atoms with Crippen molar-refractivity contribution in [2.24, 2.45) is 0 Å². The first-order valence-corrected chi connectivity index (χ1v) is 15.7. The van der Waals surface area contributed by atoms with E-state index in [-0.39, 0.29) is 5.97 Å². The number of fused-ring (bicyclic) bond motifs is 2. The van der Waals surface area contributed by atoms with Crippen LogP contribution < -0.4 is 9.64 Å². The number of hydrogen-bond acceptors (Lipinski definition) is 6. The van der Waals surface area contributed by atoms with Crippen molar-refractivity contribution >= 4 is 33.5 Å². The molecule has 5 aromatic carbocycles. The summed E-state index contributed by atoms with van der Waals surface area (Å²) < 4.78 is 17.8. The summed E-state index contributed by atoms with van der Waals surface area (Å²) in [5, 5.41) is 2.18. The number of nitrogens with zero attached hydrogens (tertiary/aromatic N) is 2. The second-order valence-corrected chi connectivity index (χ2v) is 11.2. The second kappa shape index (κ2) is 14.6. The Balaban J connectivity index is 1.25. The van der Waals surface area contributed by atoms with Crippen LogP contribution in [-0.4, -0.2) is 24.2 Å². The molecule has 0 saturated heterocycles. The van der Waals surface area contributed by atoms with Crippen LogP contribution in [0.5, 0.6) is 5.75 Å². The van der Waals surface area contributed by atoms with Gasteiger partial charge in [-0.15, -0.1) is 0 Å². The lowest BCUT2D eigenvalue weighted by molar-refractivity contribution is -0.143. The molecule has 0 aliphatic rings. The van der Waals surface area contributed by atoms with Gasteiger partial charge in [0.05, 0.1) is 18.8 Å². The van der Waals surface area contributed by atoms with E-state index in [1.54, 1.807) is 0 Å². The van der Waals surface area contributed by atoms with Gasteiger partial charge in [0, 0.05) is 31.3 Å². The summed E-state index contributed by atoms with van der Waals surface area (Å²) >= 11 is 0. The Morgan fingerprint density at radius 3 is 2.11 bits per heavy atom. The number of hydrogen-bond donors (Lipinski definition) is 0. The van der Waals surface area contributed by atoms with Crippen molar-refractivity contribution in [2.75, 3.05) is 18.1 Å². The number of aromatic nitrogens is 1. The third-order valence-electron chi connectivity index (χ3n) is 7.84. The molecule has 1 aromatic heterocycles. The van der Waals surface area contributed by atoms with Gasteiger partial charge in [-0.25, -0.2) is 4.98 Å². The van der Waals surface area contributed by atoms with Crippen LogP contribution in [0.1, 0.15) is 43.7 Å². The molecule has 6 aromatic rings. The molecule has 0 aliphatic heterocycles. The molecule has 0 saturated carbocycles. The van der Waals surface area contributed by atoms with Crippen LogP contribution in [0.4, 0.5) is 5.69 Å². The molecule has 0 amide bonds. The summed E-state index contributed by atoms with van der Waals surface area (Å²) in [5.74, 6) is 1.13. The Kier molecular flexibility index (Phi) is 9.71. The number of oxazole rings is 1. The molecule has 0 bridgehead atoms. The summed E-state index contributed by atoms with van der Waals surface area (Å²) in [6, 6.07) is 39.6. The van der Waals surface area contributed by atoms with Gasteiger partial charge in [0.15, 0.2) is 5.58 Å². The third-order valence-corrected chi connectivity index (χ3v) is 7.84. The van der Waals surface area contributed by atoms with Gasteiger partial charge in [-0.2, -0.15) is 0 Å². The van der Waals surface area contributed by atoms with Crippen LogP contribution in [0.25, 0.3) is 33.3 Å². The Bertz CT molecular complexity index is 1810. The number of carbonyl (C=O) groups excluding carboxylic acids is 1. The van der Waals surface area contributed by atoms with Crippen LogP contribution in [0.3, 0.4) is 0 Å². The third kappa shape index (κ3) is 7.71. The lowest BCUT2D eigenvalue weighted by Gasteiger charge is -2.25. The maximum absolute atomic E-state index is 11.6. The number of anilines is 1. The van der Waals surface area contributed by atoms with E-state index >= 15 is 0 Å². The molecule has 6 rings (SSSR count). The highest BCUT2D eigenvalue weighted by Gasteiger charge is 2.17. The van der Waals surface area contributed by atoms with Gasteiger partial charge in [0.1, 0.15) is 11.3 Å². The van der Waals surface area contributed by atoms with Crippen molar-refractivity contribution in [2.45, 2.75) is 45.7 Å². The van der Waals surface area contributed by atoms with Crippen molar-refractivity contribution in [1.29, 1.82) is 0 Å². The van der Waals surface area contributed by atoms with Crippen LogP contribution in [0.2, 0.25) is 0 Å². The van der Waals surface area contributed by atoms with Gasteiger partial charge in [-0.05, 0) is 72.4 Å². The molecule has 0 N–H and O–H groups in total. The highest BCUT2D eigenvalue weighted by atomic mass is 16.5. The molecule has 0 unspecified atom stereocenters. The topological polar surface area (TPSA) is 64.8 Å². The van der Waals surface area contributed by atoms with Gasteiger partial charge in [0.2, 0.25) is 5.89 Å². The summed E-state index contributed by atoms with van der Waals surface area (Å²) in [4.78, 5) is 18.9. The average Bonchev–Trinajstić information content (AvgIpc) is 3.50. The summed E-state index contributed by atoms with van der Waals surface area (Å²) in [6.45, 7) is 4.32. The molecular formula is C39H38N2O4. The van der Waals surface area contributed by atoms with Crippen molar-refractivity contribution < 1.29 is 18.7 Å². The van der Waals surface area contributed by atoms with Crippen LogP contribution in [0.15, 0.2) is 120 Å². The van der Waals surface area contributed by atoms with Crippen LogP contribution in [0, 0.1) is 0 Å². The minimum atomic E-state index is -0.141. The Morgan fingerprint density at radius 1 is 0.756 bits per heavy atom. The summed E-state index contributed by atoms with van der Waals surface area (Å²) in [5.41, 5.74) is 5.90. The van der Waals surface area contributed by atoms with Crippen molar-refractivity contribution in [1.82, 2.24) is 4.98 Å². The van der Waals surface area contributed by atoms with E-state index < -0.39 is 0 Å². The van der Waals surface area contributed by atoms with E-state index in [2.05, 4.69) is 89.8 Å². The normalized spacial score (nSPS) is 11.1. The first-order chi connectivity index (χ1) is 22.2. The summed E-state index contributed by atoms with van der Waals surface area (Å²) in [6.07, 6.45) is 2.94. The molecule has 45 heavy (non-hydrogen) atoms. The van der Waals surface area contributed by atoms with E-state index in [1.807, 2.05) is 37.3 Å². The first-order valence-electron chi connectivity index (χ1n) is 15.7. The van der Waals surface area contributed by atoms with Gasteiger partial charge in [0.25, 0.3) is 0 Å². The number of rotatable bonds is 14. The van der Waals surface area contributed by atoms with Crippen LogP contribution >= 0.6 is 0 Å². The largest absolute Gasteiger partial charge is 0.493 e. The molecule has 6 nitrogen and oxygen atoms in total. The first kappa shape index (κ1) is 29.9. The SMILES string of the molecule is CCOC(=O)CCCCCOc1cc2ccccc2cc1-c1nc2ccc(N(Cc3ccccc3)Cc3ccccc3)cc2o1. The molecule has 0 atom stereocenters. The van der Waals surface area contributed by atoms with Gasteiger partial charge >= 0.3 is 5.97 Å². The van der Waals surface area contributed by atoms with Gasteiger partial charge in [-0.1, -0.05) is 84.9 Å². The highest BCUT2D eigenvalue weighted by molar-refractivity contribution is 5.90. The predicted octanol–water partition coefficient (Wildman–Crippen LogP) is 9.36. The van der Waals surface area contributed by atoms with Crippen LogP contribution in [-0.2, 0) is 22.6 Å². The zero-order valence-electron chi connectivity index (χ0n) is 25.7. The van der Waals surface area contributed by atoms with Gasteiger partial charge < -0.3 is 18.8 Å². The van der Waals surface area contributed by atoms with Crippen molar-refractivity contribution in [3.8, 4) is 17.2 Å². The molecule has 1 heterocycles. The lowest BCUT2D eigenvalue weighted by Crippen LogP contribution is -2.22. The maximum Gasteiger partial charge on any atom is 0.305 e. The Hall–Kier alpha value is -5.10. The standard InChI is InChI=1S/C39H38N2O4/c1-2-43-38(42)20-10-5-13-23-44-36-25-32-19-12-11-18-31(32)24-34(36)39-40-35-22-21-33(26-37(35)45-39)41(27-29-14-6-3-7-15-29)28-30-16-8-4-9-17-30/h3-4,6-9,11-12,14-19,21-22,24-26H,2,5,10,13,20,23,27-28H2,1H3. The number of ether oxygens (including phenoxy) is 2. The van der Waals surface area contributed by atoms with E-state index in [1.165, 1.54) is 11.1 Å². The monoisotopic (exact) mass is 598 g/mol. The van der Waals surface area contributed by atoms with Gasteiger partial charge in [-0.3, -0.25) is 4.79 Å². The van der Waals surface area contributed by atoms with Crippen molar-refractivity contribution in [3.63, 3.8) is 0 Å². The smallest absolute Gasteiger partial charge is 0.305 e. The Labute approximate surface area is 264 Å². The van der Waals surface area contributed by atoms with E-state index in [9.17, 15) is 4.79 Å². The fourth-order valence-corrected chi connectivity index (χ4v) is 5.54. The minimum Gasteiger partial charge on any atom is -0.493 e. The van der Waals surface area contributed by atoms with E-state index in [0.717, 1.165) is 71.2 Å². The average molecular weight is 599 g/mol. The fourth-order valence-electron chi connectivity index (χ4n) is 5.54. The van der Waals surface area contributed by atoms with E-state index in [4.69, 9.17) is 18.9 Å². The maximum atomic E-state index is 11.6. The number of carbonyl (C=O) groups is 1. The number of esters is 1. The Morgan fingerprint density at radius 2 is 1.42 bits per heavy atom. The molecular weight excluding hydrogens is 560 g/mol. The quantitative estimate of drug-likeness (QED) is 0.0919. The molecule has 0 aliphatic carbocycles. The number of unbranched alkanes of at least 4 members (excludes halogenated alkanes) is 2. The number of benzene rings is 5. The second-order valence-electron chi connectivity index (χ2n) is 11.2. The molecule has 6 heteroatoms. The lowest BCUT2D eigenvalue weighted by atomic mass is 10.1. The summed E-state index contributed by atoms with van der Waals surface area (Å²) in [7, 11) is 0. The predicted molar refractivity (Wildman–Crippen MR) is 180 cm³/mol. The molecule has 228 valence electrons. The zero-order chi connectivity index (χ0) is 30.8. The minimum absolute atomic E-state index is 0.141. The highest BCUT2D eigenvalue weighted by Crippen LogP contribution is 2.37. The molecule has 0 spiro atoms. The fraction of sp³-hybridized carbons (Fsp3) is 0.231. The van der Waals surface area contributed by atoms with Crippen molar-refractivity contribution in [3.05, 3.63) is 126 Å². The zero-order valence-corrected chi connectivity index (χ0v) is 25.7.